The van der Waals surface area contributed by atoms with Crippen molar-refractivity contribution in [3.05, 3.63) is 48.5 Å². The van der Waals surface area contributed by atoms with Crippen LogP contribution in [0.1, 0.15) is 72.1 Å². The van der Waals surface area contributed by atoms with E-state index in [-0.39, 0.29) is 17.5 Å². The predicted molar refractivity (Wildman–Crippen MR) is 129 cm³/mol. The van der Waals surface area contributed by atoms with Crippen LogP contribution in [0.15, 0.2) is 48.5 Å². The first kappa shape index (κ1) is 24.2. The number of carbonyl (C=O) groups is 1. The monoisotopic (exact) mass is 438 g/mol. The quantitative estimate of drug-likeness (QED) is 0.259. The van der Waals surface area contributed by atoms with Gasteiger partial charge in [-0.15, -0.1) is 0 Å². The van der Waals surface area contributed by atoms with Crippen LogP contribution in [0.5, 0.6) is 11.5 Å². The lowest BCUT2D eigenvalue weighted by Crippen LogP contribution is -2.39. The Labute approximate surface area is 193 Å². The van der Waals surface area contributed by atoms with E-state index in [0.29, 0.717) is 6.61 Å². The Balaban J connectivity index is 1.52. The van der Waals surface area contributed by atoms with Crippen LogP contribution in [0.2, 0.25) is 0 Å². The van der Waals surface area contributed by atoms with Gasteiger partial charge in [-0.25, -0.2) is 0 Å². The summed E-state index contributed by atoms with van der Waals surface area (Å²) in [5, 5.41) is 0. The van der Waals surface area contributed by atoms with Crippen molar-refractivity contribution in [2.24, 2.45) is 5.92 Å². The molecule has 0 bridgehead atoms. The van der Waals surface area contributed by atoms with Gasteiger partial charge in [-0.2, -0.15) is 0 Å². The standard InChI is InChI=1S/C28H38O4/c1-4-5-6-7-8-11-20-30-24-16-14-22(15-17-24)25-12-9-10-13-26(25)31-21-23-18-19-28(2,3)32-27(23)29/h9-10,12-17,23H,4-8,11,18-21H2,1-3H3. The molecule has 4 nitrogen and oxygen atoms in total. The molecule has 0 aromatic heterocycles. The van der Waals surface area contributed by atoms with Crippen LogP contribution in [0, 0.1) is 5.92 Å². The third-order valence-electron chi connectivity index (χ3n) is 6.06. The molecule has 174 valence electrons. The van der Waals surface area contributed by atoms with Crippen molar-refractivity contribution in [3.63, 3.8) is 0 Å². The highest BCUT2D eigenvalue weighted by atomic mass is 16.6. The highest BCUT2D eigenvalue weighted by Gasteiger charge is 2.35. The van der Waals surface area contributed by atoms with Gasteiger partial charge in [0.15, 0.2) is 0 Å². The number of carbonyl (C=O) groups excluding carboxylic acids is 1. The van der Waals surface area contributed by atoms with Crippen molar-refractivity contribution in [2.45, 2.75) is 77.7 Å². The van der Waals surface area contributed by atoms with E-state index in [4.69, 9.17) is 14.2 Å². The van der Waals surface area contributed by atoms with Crippen molar-refractivity contribution in [1.29, 1.82) is 0 Å². The lowest BCUT2D eigenvalue weighted by Gasteiger charge is -2.33. The summed E-state index contributed by atoms with van der Waals surface area (Å²) in [7, 11) is 0. The molecule has 4 heteroatoms. The molecular formula is C28H38O4. The molecule has 3 rings (SSSR count). The van der Waals surface area contributed by atoms with Crippen LogP contribution in [-0.4, -0.2) is 24.8 Å². The average molecular weight is 439 g/mol. The number of para-hydroxylation sites is 1. The molecule has 1 heterocycles. The molecular weight excluding hydrogens is 400 g/mol. The highest BCUT2D eigenvalue weighted by Crippen LogP contribution is 2.33. The molecule has 1 unspecified atom stereocenters. The van der Waals surface area contributed by atoms with E-state index < -0.39 is 0 Å². The number of hydrogen-bond donors (Lipinski definition) is 0. The van der Waals surface area contributed by atoms with Gasteiger partial charge in [0.1, 0.15) is 23.7 Å². The maximum Gasteiger partial charge on any atom is 0.312 e. The number of benzene rings is 2. The fourth-order valence-electron chi connectivity index (χ4n) is 4.02. The fourth-order valence-corrected chi connectivity index (χ4v) is 4.02. The molecule has 32 heavy (non-hydrogen) atoms. The van der Waals surface area contributed by atoms with Crippen molar-refractivity contribution >= 4 is 5.97 Å². The minimum Gasteiger partial charge on any atom is -0.494 e. The van der Waals surface area contributed by atoms with Gasteiger partial charge in [0.05, 0.1) is 12.5 Å². The zero-order valence-corrected chi connectivity index (χ0v) is 19.9. The van der Waals surface area contributed by atoms with Crippen LogP contribution < -0.4 is 9.47 Å². The van der Waals surface area contributed by atoms with Crippen molar-refractivity contribution in [2.75, 3.05) is 13.2 Å². The molecule has 0 aliphatic carbocycles. The Hall–Kier alpha value is -2.49. The number of hydrogen-bond acceptors (Lipinski definition) is 4. The molecule has 1 fully saturated rings. The van der Waals surface area contributed by atoms with E-state index in [1.54, 1.807) is 0 Å². The minimum atomic E-state index is -0.371. The van der Waals surface area contributed by atoms with E-state index in [1.807, 2.05) is 50.2 Å². The lowest BCUT2D eigenvalue weighted by atomic mass is 9.91. The second kappa shape index (κ2) is 11.9. The summed E-state index contributed by atoms with van der Waals surface area (Å²) >= 11 is 0. The van der Waals surface area contributed by atoms with Gasteiger partial charge in [-0.3, -0.25) is 4.79 Å². The van der Waals surface area contributed by atoms with Gasteiger partial charge in [-0.05, 0) is 56.9 Å². The number of cyclic esters (lactones) is 1. The zero-order chi connectivity index (χ0) is 22.8. The summed E-state index contributed by atoms with van der Waals surface area (Å²) < 4.78 is 17.5. The summed E-state index contributed by atoms with van der Waals surface area (Å²) in [6.45, 7) is 7.26. The number of ether oxygens (including phenoxy) is 3. The molecule has 0 radical (unpaired) electrons. The first-order chi connectivity index (χ1) is 15.5. The van der Waals surface area contributed by atoms with Crippen LogP contribution in [0.25, 0.3) is 11.1 Å². The summed E-state index contributed by atoms with van der Waals surface area (Å²) in [6.07, 6.45) is 9.21. The van der Waals surface area contributed by atoms with Crippen LogP contribution in [0.4, 0.5) is 0 Å². The first-order valence-corrected chi connectivity index (χ1v) is 12.2. The average Bonchev–Trinajstić information content (AvgIpc) is 2.78. The van der Waals surface area contributed by atoms with E-state index in [9.17, 15) is 4.79 Å². The molecule has 0 N–H and O–H groups in total. The number of esters is 1. The maximum atomic E-state index is 12.3. The van der Waals surface area contributed by atoms with E-state index >= 15 is 0 Å². The predicted octanol–water partition coefficient (Wildman–Crippen LogP) is 7.20. The summed E-state index contributed by atoms with van der Waals surface area (Å²) in [4.78, 5) is 12.3. The van der Waals surface area contributed by atoms with Gasteiger partial charge in [0.25, 0.3) is 0 Å². The topological polar surface area (TPSA) is 44.8 Å². The SMILES string of the molecule is CCCCCCCCOc1ccc(-c2ccccc2OCC2CCC(C)(C)OC2=O)cc1. The second-order valence-corrected chi connectivity index (χ2v) is 9.36. The fraction of sp³-hybridized carbons (Fsp3) is 0.536. The van der Waals surface area contributed by atoms with Crippen molar-refractivity contribution < 1.29 is 19.0 Å². The van der Waals surface area contributed by atoms with Gasteiger partial charge >= 0.3 is 5.97 Å². The molecule has 0 amide bonds. The van der Waals surface area contributed by atoms with Gasteiger partial charge in [-0.1, -0.05) is 69.4 Å². The second-order valence-electron chi connectivity index (χ2n) is 9.36. The first-order valence-electron chi connectivity index (χ1n) is 12.2. The molecule has 1 atom stereocenters. The molecule has 2 aromatic rings. The molecule has 0 saturated carbocycles. The van der Waals surface area contributed by atoms with Crippen LogP contribution in [-0.2, 0) is 9.53 Å². The smallest absolute Gasteiger partial charge is 0.312 e. The zero-order valence-electron chi connectivity index (χ0n) is 19.9. The Morgan fingerprint density at radius 2 is 1.66 bits per heavy atom. The van der Waals surface area contributed by atoms with Gasteiger partial charge in [0.2, 0.25) is 0 Å². The lowest BCUT2D eigenvalue weighted by molar-refractivity contribution is -0.171. The summed E-state index contributed by atoms with van der Waals surface area (Å²) in [5.74, 6) is 1.30. The Morgan fingerprint density at radius 3 is 2.41 bits per heavy atom. The van der Waals surface area contributed by atoms with E-state index in [0.717, 1.165) is 48.5 Å². The Bertz CT molecular complexity index is 841. The molecule has 1 aliphatic rings. The largest absolute Gasteiger partial charge is 0.494 e. The van der Waals surface area contributed by atoms with Crippen molar-refractivity contribution in [1.82, 2.24) is 0 Å². The summed E-state index contributed by atoms with van der Waals surface area (Å²) in [6, 6.07) is 16.1. The van der Waals surface area contributed by atoms with Crippen molar-refractivity contribution in [3.8, 4) is 22.6 Å². The van der Waals surface area contributed by atoms with Crippen LogP contribution in [0.3, 0.4) is 0 Å². The van der Waals surface area contributed by atoms with E-state index in [1.165, 1.54) is 32.1 Å². The number of rotatable bonds is 12. The van der Waals surface area contributed by atoms with E-state index in [2.05, 4.69) is 19.1 Å². The molecule has 0 spiro atoms. The molecule has 1 aliphatic heterocycles. The van der Waals surface area contributed by atoms with Gasteiger partial charge < -0.3 is 14.2 Å². The maximum absolute atomic E-state index is 12.3. The van der Waals surface area contributed by atoms with Gasteiger partial charge in [0, 0.05) is 5.56 Å². The minimum absolute atomic E-state index is 0.161. The third kappa shape index (κ3) is 7.29. The third-order valence-corrected chi connectivity index (χ3v) is 6.06. The Kier molecular flexibility index (Phi) is 9.01. The summed E-state index contributed by atoms with van der Waals surface area (Å²) in [5.41, 5.74) is 1.71. The molecule has 1 saturated heterocycles. The highest BCUT2D eigenvalue weighted by molar-refractivity contribution is 5.74. The number of unbranched alkanes of at least 4 members (excludes halogenated alkanes) is 5. The Morgan fingerprint density at radius 1 is 0.938 bits per heavy atom. The molecule has 2 aromatic carbocycles. The normalized spacial score (nSPS) is 17.6. The van der Waals surface area contributed by atoms with Crippen LogP contribution >= 0.6 is 0 Å².